The predicted molar refractivity (Wildman–Crippen MR) is 77.5 cm³/mol. The number of rotatable bonds is 11. The van der Waals surface area contributed by atoms with E-state index in [-0.39, 0.29) is 5.97 Å². The Kier molecular flexibility index (Phi) is 13.2. The zero-order valence-electron chi connectivity index (χ0n) is 12.0. The third kappa shape index (κ3) is 13.0. The van der Waals surface area contributed by atoms with Crippen molar-refractivity contribution in [2.75, 3.05) is 6.61 Å². The molecule has 0 aromatic heterocycles. The first kappa shape index (κ1) is 16.9. The fraction of sp³-hybridized carbons (Fsp3) is 0.688. The van der Waals surface area contributed by atoms with E-state index in [1.54, 1.807) is 0 Å². The van der Waals surface area contributed by atoms with Crippen LogP contribution in [0.25, 0.3) is 0 Å². The molecule has 0 spiro atoms. The Bertz CT molecular complexity index is 241. The van der Waals surface area contributed by atoms with E-state index in [4.69, 9.17) is 4.74 Å². The quantitative estimate of drug-likeness (QED) is 0.300. The van der Waals surface area contributed by atoms with Gasteiger partial charge in [-0.25, -0.2) is 0 Å². The number of allylic oxidation sites excluding steroid dienone is 3. The van der Waals surface area contributed by atoms with E-state index >= 15 is 0 Å². The summed E-state index contributed by atoms with van der Waals surface area (Å²) in [6.07, 6.45) is 17.5. The second kappa shape index (κ2) is 14.0. The van der Waals surface area contributed by atoms with E-state index in [0.29, 0.717) is 13.0 Å². The number of hydrogen-bond donors (Lipinski definition) is 0. The van der Waals surface area contributed by atoms with Crippen molar-refractivity contribution in [2.24, 2.45) is 0 Å². The summed E-state index contributed by atoms with van der Waals surface area (Å²) in [7, 11) is 0. The van der Waals surface area contributed by atoms with Crippen molar-refractivity contribution in [1.82, 2.24) is 0 Å². The lowest BCUT2D eigenvalue weighted by Gasteiger charge is -1.97. The minimum Gasteiger partial charge on any atom is -0.466 e. The third-order valence-electron chi connectivity index (χ3n) is 2.70. The Morgan fingerprint density at radius 1 is 0.944 bits per heavy atom. The standard InChI is InChI=1S/C16H28O2/c1-3-5-6-7-8-9-10-11-12-13-14-15-16(17)18-4-2/h11-14H,3-10,15H2,1-2H3/b12-11-,14-13+. The first-order chi connectivity index (χ1) is 8.81. The summed E-state index contributed by atoms with van der Waals surface area (Å²) in [5.41, 5.74) is 0. The minimum absolute atomic E-state index is 0.155. The van der Waals surface area contributed by atoms with Crippen LogP contribution in [0.2, 0.25) is 0 Å². The lowest BCUT2D eigenvalue weighted by Crippen LogP contribution is -2.01. The molecular weight excluding hydrogens is 224 g/mol. The molecule has 0 saturated heterocycles. The van der Waals surface area contributed by atoms with Crippen LogP contribution in [-0.2, 0) is 9.53 Å². The van der Waals surface area contributed by atoms with Crippen LogP contribution in [0.4, 0.5) is 0 Å². The van der Waals surface area contributed by atoms with E-state index in [9.17, 15) is 4.79 Å². The molecule has 104 valence electrons. The molecule has 0 aromatic rings. The largest absolute Gasteiger partial charge is 0.466 e. The smallest absolute Gasteiger partial charge is 0.309 e. The van der Waals surface area contributed by atoms with Gasteiger partial charge in [-0.3, -0.25) is 4.79 Å². The highest BCUT2D eigenvalue weighted by atomic mass is 16.5. The molecule has 0 fully saturated rings. The second-order valence-electron chi connectivity index (χ2n) is 4.42. The SMILES string of the molecule is CCCCCCCC/C=C\C=C\CC(=O)OCC. The monoisotopic (exact) mass is 252 g/mol. The van der Waals surface area contributed by atoms with Crippen molar-refractivity contribution in [3.8, 4) is 0 Å². The van der Waals surface area contributed by atoms with E-state index in [1.807, 2.05) is 25.2 Å². The lowest BCUT2D eigenvalue weighted by atomic mass is 10.1. The lowest BCUT2D eigenvalue weighted by molar-refractivity contribution is -0.142. The fourth-order valence-corrected chi connectivity index (χ4v) is 1.68. The number of ether oxygens (including phenoxy) is 1. The van der Waals surface area contributed by atoms with E-state index in [1.165, 1.54) is 38.5 Å². The summed E-state index contributed by atoms with van der Waals surface area (Å²) in [5.74, 6) is -0.155. The molecule has 0 rings (SSSR count). The van der Waals surface area contributed by atoms with Crippen LogP contribution in [-0.4, -0.2) is 12.6 Å². The van der Waals surface area contributed by atoms with Crippen LogP contribution < -0.4 is 0 Å². The Balaban J connectivity index is 3.32. The maximum absolute atomic E-state index is 11.0. The van der Waals surface area contributed by atoms with Crippen LogP contribution in [0.15, 0.2) is 24.3 Å². The number of hydrogen-bond acceptors (Lipinski definition) is 2. The molecule has 0 bridgehead atoms. The molecule has 0 saturated carbocycles. The third-order valence-corrected chi connectivity index (χ3v) is 2.70. The Morgan fingerprint density at radius 2 is 1.61 bits per heavy atom. The van der Waals surface area contributed by atoms with Gasteiger partial charge in [0.2, 0.25) is 0 Å². The van der Waals surface area contributed by atoms with Gasteiger partial charge in [-0.05, 0) is 19.8 Å². The Morgan fingerprint density at radius 3 is 2.33 bits per heavy atom. The molecule has 0 aliphatic rings. The van der Waals surface area contributed by atoms with Gasteiger partial charge in [0.1, 0.15) is 0 Å². The van der Waals surface area contributed by atoms with Crippen molar-refractivity contribution in [3.63, 3.8) is 0 Å². The topological polar surface area (TPSA) is 26.3 Å². The first-order valence-electron chi connectivity index (χ1n) is 7.28. The Hall–Kier alpha value is -1.05. The highest BCUT2D eigenvalue weighted by Crippen LogP contribution is 2.07. The molecule has 18 heavy (non-hydrogen) atoms. The number of carbonyl (C=O) groups is 1. The van der Waals surface area contributed by atoms with Gasteiger partial charge in [0.15, 0.2) is 0 Å². The molecule has 0 N–H and O–H groups in total. The van der Waals surface area contributed by atoms with Gasteiger partial charge in [0.25, 0.3) is 0 Å². The van der Waals surface area contributed by atoms with Gasteiger partial charge in [0.05, 0.1) is 13.0 Å². The van der Waals surface area contributed by atoms with E-state index in [0.717, 1.165) is 6.42 Å². The summed E-state index contributed by atoms with van der Waals surface area (Å²) in [4.78, 5) is 11.0. The van der Waals surface area contributed by atoms with Crippen molar-refractivity contribution < 1.29 is 9.53 Å². The zero-order chi connectivity index (χ0) is 13.5. The van der Waals surface area contributed by atoms with Gasteiger partial charge in [-0.1, -0.05) is 63.3 Å². The second-order valence-corrected chi connectivity index (χ2v) is 4.42. The van der Waals surface area contributed by atoms with Crippen molar-refractivity contribution >= 4 is 5.97 Å². The normalized spacial score (nSPS) is 11.4. The van der Waals surface area contributed by atoms with Crippen LogP contribution in [0.3, 0.4) is 0 Å². The summed E-state index contributed by atoms with van der Waals surface area (Å²) < 4.78 is 4.82. The van der Waals surface area contributed by atoms with Gasteiger partial charge < -0.3 is 4.74 Å². The molecule has 2 nitrogen and oxygen atoms in total. The van der Waals surface area contributed by atoms with E-state index in [2.05, 4.69) is 13.0 Å². The highest BCUT2D eigenvalue weighted by molar-refractivity contribution is 5.71. The molecule has 0 heterocycles. The molecule has 0 amide bonds. The van der Waals surface area contributed by atoms with Crippen LogP contribution in [0.1, 0.15) is 65.2 Å². The first-order valence-corrected chi connectivity index (χ1v) is 7.28. The maximum atomic E-state index is 11.0. The number of unbranched alkanes of at least 4 members (excludes halogenated alkanes) is 6. The molecule has 0 aliphatic heterocycles. The molecular formula is C16H28O2. The van der Waals surface area contributed by atoms with Gasteiger partial charge in [-0.2, -0.15) is 0 Å². The summed E-state index contributed by atoms with van der Waals surface area (Å²) >= 11 is 0. The average molecular weight is 252 g/mol. The highest BCUT2D eigenvalue weighted by Gasteiger charge is 1.94. The molecule has 0 aliphatic carbocycles. The minimum atomic E-state index is -0.155. The average Bonchev–Trinajstić information content (AvgIpc) is 2.36. The van der Waals surface area contributed by atoms with Gasteiger partial charge >= 0.3 is 5.97 Å². The van der Waals surface area contributed by atoms with Crippen LogP contribution in [0.5, 0.6) is 0 Å². The van der Waals surface area contributed by atoms with Gasteiger partial charge in [0, 0.05) is 0 Å². The van der Waals surface area contributed by atoms with E-state index < -0.39 is 0 Å². The summed E-state index contributed by atoms with van der Waals surface area (Å²) in [5, 5.41) is 0. The fourth-order valence-electron chi connectivity index (χ4n) is 1.68. The summed E-state index contributed by atoms with van der Waals surface area (Å²) in [6.45, 7) is 4.52. The number of carbonyl (C=O) groups excluding carboxylic acids is 1. The van der Waals surface area contributed by atoms with Crippen molar-refractivity contribution in [1.29, 1.82) is 0 Å². The molecule has 0 radical (unpaired) electrons. The van der Waals surface area contributed by atoms with Crippen LogP contribution in [0, 0.1) is 0 Å². The van der Waals surface area contributed by atoms with Crippen LogP contribution >= 0.6 is 0 Å². The maximum Gasteiger partial charge on any atom is 0.309 e. The van der Waals surface area contributed by atoms with Crippen molar-refractivity contribution in [3.05, 3.63) is 24.3 Å². The Labute approximate surface area is 112 Å². The van der Waals surface area contributed by atoms with Crippen molar-refractivity contribution in [2.45, 2.75) is 65.2 Å². The molecule has 2 heteroatoms. The van der Waals surface area contributed by atoms with Gasteiger partial charge in [-0.15, -0.1) is 0 Å². The molecule has 0 atom stereocenters. The molecule has 0 aromatic carbocycles. The predicted octanol–water partition coefficient (Wildman–Crippen LogP) is 4.80. The summed E-state index contributed by atoms with van der Waals surface area (Å²) in [6, 6.07) is 0. The zero-order valence-corrected chi connectivity index (χ0v) is 12.0. The number of esters is 1. The molecule has 0 unspecified atom stereocenters.